The molecule has 0 amide bonds. The highest BCUT2D eigenvalue weighted by Crippen LogP contribution is 2.62. The first kappa shape index (κ1) is 11.1. The Balaban J connectivity index is 2.82. The normalized spacial score (nSPS) is 35.8. The van der Waals surface area contributed by atoms with E-state index < -0.39 is 0 Å². The second kappa shape index (κ2) is 2.74. The molecule has 0 heterocycles. The summed E-state index contributed by atoms with van der Waals surface area (Å²) in [5, 5.41) is 0. The van der Waals surface area contributed by atoms with Crippen LogP contribution in [0.15, 0.2) is 0 Å². The SMILES string of the molecule is CC1CC(C)(C(C)(C)C(C)(C)C)C1. The molecule has 1 saturated carbocycles. The van der Waals surface area contributed by atoms with Crippen LogP contribution in [0.1, 0.15) is 61.3 Å². The van der Waals surface area contributed by atoms with E-state index in [0.717, 1.165) is 5.92 Å². The van der Waals surface area contributed by atoms with E-state index >= 15 is 0 Å². The van der Waals surface area contributed by atoms with E-state index in [1.165, 1.54) is 12.8 Å². The average molecular weight is 182 g/mol. The van der Waals surface area contributed by atoms with E-state index in [2.05, 4.69) is 48.5 Å². The first-order chi connectivity index (χ1) is 5.60. The predicted octanol–water partition coefficient (Wildman–Crippen LogP) is 4.49. The van der Waals surface area contributed by atoms with Gasteiger partial charge in [0.15, 0.2) is 0 Å². The third-order valence-electron chi connectivity index (χ3n) is 4.98. The molecule has 13 heavy (non-hydrogen) atoms. The van der Waals surface area contributed by atoms with Crippen molar-refractivity contribution in [3.05, 3.63) is 0 Å². The van der Waals surface area contributed by atoms with Gasteiger partial charge in [0, 0.05) is 0 Å². The molecule has 0 N–H and O–H groups in total. The van der Waals surface area contributed by atoms with Gasteiger partial charge in [-0.3, -0.25) is 0 Å². The molecule has 0 nitrogen and oxygen atoms in total. The summed E-state index contributed by atoms with van der Waals surface area (Å²) in [7, 11) is 0. The Morgan fingerprint density at radius 3 is 1.62 bits per heavy atom. The highest BCUT2D eigenvalue weighted by Gasteiger charge is 2.53. The minimum atomic E-state index is 0.419. The fraction of sp³-hybridized carbons (Fsp3) is 1.00. The lowest BCUT2D eigenvalue weighted by atomic mass is 9.45. The molecule has 0 aromatic heterocycles. The first-order valence-corrected chi connectivity index (χ1v) is 5.60. The Hall–Kier alpha value is 0. The van der Waals surface area contributed by atoms with E-state index in [0.29, 0.717) is 16.2 Å². The van der Waals surface area contributed by atoms with Crippen molar-refractivity contribution < 1.29 is 0 Å². The van der Waals surface area contributed by atoms with Gasteiger partial charge in [0.25, 0.3) is 0 Å². The van der Waals surface area contributed by atoms with Gasteiger partial charge in [-0.25, -0.2) is 0 Å². The van der Waals surface area contributed by atoms with Crippen LogP contribution in [-0.2, 0) is 0 Å². The molecular formula is C13H26. The Bertz CT molecular complexity index is 187. The molecule has 1 aliphatic rings. The van der Waals surface area contributed by atoms with E-state index in [-0.39, 0.29) is 0 Å². The predicted molar refractivity (Wildman–Crippen MR) is 59.7 cm³/mol. The van der Waals surface area contributed by atoms with Crippen molar-refractivity contribution in [1.82, 2.24) is 0 Å². The van der Waals surface area contributed by atoms with Gasteiger partial charge < -0.3 is 0 Å². The first-order valence-electron chi connectivity index (χ1n) is 5.60. The molecule has 0 aromatic rings. The van der Waals surface area contributed by atoms with Gasteiger partial charge in [-0.2, -0.15) is 0 Å². The number of hydrogen-bond acceptors (Lipinski definition) is 0. The van der Waals surface area contributed by atoms with Crippen LogP contribution in [0.3, 0.4) is 0 Å². The molecule has 0 bridgehead atoms. The molecule has 0 spiro atoms. The second-order valence-corrected chi connectivity index (χ2v) is 6.95. The highest BCUT2D eigenvalue weighted by molar-refractivity contribution is 5.02. The van der Waals surface area contributed by atoms with E-state index in [1.807, 2.05) is 0 Å². The summed E-state index contributed by atoms with van der Waals surface area (Å²) in [5.41, 5.74) is 1.44. The zero-order valence-electron chi connectivity index (χ0n) is 10.5. The molecule has 0 aromatic carbocycles. The third kappa shape index (κ3) is 1.53. The zero-order valence-corrected chi connectivity index (χ0v) is 10.5. The monoisotopic (exact) mass is 182 g/mol. The maximum Gasteiger partial charge on any atom is -0.0251 e. The van der Waals surface area contributed by atoms with Gasteiger partial charge in [0.2, 0.25) is 0 Å². The molecule has 0 aliphatic heterocycles. The van der Waals surface area contributed by atoms with Gasteiger partial charge in [-0.05, 0) is 35.0 Å². The summed E-state index contributed by atoms with van der Waals surface area (Å²) in [6, 6.07) is 0. The molecule has 1 fully saturated rings. The molecular weight excluding hydrogens is 156 g/mol. The van der Waals surface area contributed by atoms with Crippen LogP contribution in [0, 0.1) is 22.2 Å². The molecule has 0 atom stereocenters. The largest absolute Gasteiger partial charge is 0.0625 e. The fourth-order valence-electron chi connectivity index (χ4n) is 2.89. The van der Waals surface area contributed by atoms with Gasteiger partial charge in [0.1, 0.15) is 0 Å². The van der Waals surface area contributed by atoms with E-state index in [9.17, 15) is 0 Å². The maximum atomic E-state index is 2.47. The molecule has 0 radical (unpaired) electrons. The van der Waals surface area contributed by atoms with Crippen LogP contribution in [-0.4, -0.2) is 0 Å². The van der Waals surface area contributed by atoms with Crippen LogP contribution in [0.25, 0.3) is 0 Å². The third-order valence-corrected chi connectivity index (χ3v) is 4.98. The standard InChI is InChI=1S/C13H26/c1-10-8-13(7,9-10)12(5,6)11(2,3)4/h10H,8-9H2,1-7H3. The summed E-state index contributed by atoms with van der Waals surface area (Å²) in [6.45, 7) is 16.9. The zero-order chi connectivity index (χ0) is 10.5. The summed E-state index contributed by atoms with van der Waals surface area (Å²) in [4.78, 5) is 0. The lowest BCUT2D eigenvalue weighted by molar-refractivity contribution is -0.100. The summed E-state index contributed by atoms with van der Waals surface area (Å²) >= 11 is 0. The molecule has 78 valence electrons. The second-order valence-electron chi connectivity index (χ2n) is 6.95. The lowest BCUT2D eigenvalue weighted by Gasteiger charge is -2.59. The van der Waals surface area contributed by atoms with Gasteiger partial charge in [0.05, 0.1) is 0 Å². The molecule has 0 saturated heterocycles. The Kier molecular flexibility index (Phi) is 2.34. The van der Waals surface area contributed by atoms with Gasteiger partial charge >= 0.3 is 0 Å². The van der Waals surface area contributed by atoms with Crippen molar-refractivity contribution in [1.29, 1.82) is 0 Å². The van der Waals surface area contributed by atoms with Crippen LogP contribution in [0.4, 0.5) is 0 Å². The fourth-order valence-corrected chi connectivity index (χ4v) is 2.89. The molecule has 1 aliphatic carbocycles. The van der Waals surface area contributed by atoms with Crippen LogP contribution in [0.5, 0.6) is 0 Å². The van der Waals surface area contributed by atoms with Crippen molar-refractivity contribution in [3.63, 3.8) is 0 Å². The maximum absolute atomic E-state index is 2.47. The van der Waals surface area contributed by atoms with Crippen LogP contribution < -0.4 is 0 Å². The smallest absolute Gasteiger partial charge is 0.0251 e. The molecule has 0 unspecified atom stereocenters. The molecule has 1 rings (SSSR count). The van der Waals surface area contributed by atoms with Crippen molar-refractivity contribution in [2.45, 2.75) is 61.3 Å². The van der Waals surface area contributed by atoms with Crippen molar-refractivity contribution >= 4 is 0 Å². The van der Waals surface area contributed by atoms with E-state index in [1.54, 1.807) is 0 Å². The summed E-state index contributed by atoms with van der Waals surface area (Å²) in [6.07, 6.45) is 2.83. The van der Waals surface area contributed by atoms with Crippen molar-refractivity contribution in [2.75, 3.05) is 0 Å². The lowest BCUT2D eigenvalue weighted by Crippen LogP contribution is -2.51. The van der Waals surface area contributed by atoms with Crippen LogP contribution >= 0.6 is 0 Å². The summed E-state index contributed by atoms with van der Waals surface area (Å²) in [5.74, 6) is 0.951. The summed E-state index contributed by atoms with van der Waals surface area (Å²) < 4.78 is 0. The minimum absolute atomic E-state index is 0.419. The van der Waals surface area contributed by atoms with Crippen molar-refractivity contribution in [2.24, 2.45) is 22.2 Å². The minimum Gasteiger partial charge on any atom is -0.0625 e. The topological polar surface area (TPSA) is 0 Å². The number of rotatable bonds is 1. The van der Waals surface area contributed by atoms with E-state index in [4.69, 9.17) is 0 Å². The highest BCUT2D eigenvalue weighted by atomic mass is 14.6. The van der Waals surface area contributed by atoms with Crippen LogP contribution in [0.2, 0.25) is 0 Å². The average Bonchev–Trinajstić information content (AvgIpc) is 1.81. The number of hydrogen-bond donors (Lipinski definition) is 0. The Morgan fingerprint density at radius 1 is 1.00 bits per heavy atom. The van der Waals surface area contributed by atoms with Gasteiger partial charge in [-0.1, -0.05) is 48.5 Å². The quantitative estimate of drug-likeness (QED) is 0.560. The Morgan fingerprint density at radius 2 is 1.38 bits per heavy atom. The van der Waals surface area contributed by atoms with Crippen molar-refractivity contribution in [3.8, 4) is 0 Å². The van der Waals surface area contributed by atoms with Gasteiger partial charge in [-0.15, -0.1) is 0 Å². The molecule has 0 heteroatoms. The Labute approximate surface area is 84.1 Å².